The highest BCUT2D eigenvalue weighted by atomic mass is 16.5. The highest BCUT2D eigenvalue weighted by molar-refractivity contribution is 5.95. The summed E-state index contributed by atoms with van der Waals surface area (Å²) in [5.74, 6) is 1.84. The van der Waals surface area contributed by atoms with Crippen LogP contribution in [0.3, 0.4) is 0 Å². The molecule has 2 aliphatic heterocycles. The Bertz CT molecular complexity index is 686. The third-order valence-electron chi connectivity index (χ3n) is 4.67. The van der Waals surface area contributed by atoms with E-state index in [4.69, 9.17) is 19.7 Å². The van der Waals surface area contributed by atoms with E-state index >= 15 is 0 Å². The Balaban J connectivity index is 1.69. The maximum atomic E-state index is 9.10. The summed E-state index contributed by atoms with van der Waals surface area (Å²) in [6, 6.07) is 8.37. The molecule has 0 amide bonds. The van der Waals surface area contributed by atoms with Gasteiger partial charge in [0.1, 0.15) is 25.0 Å². The van der Waals surface area contributed by atoms with E-state index in [9.17, 15) is 0 Å². The fraction of sp³-hybridized carbons (Fsp3) is 0.444. The van der Waals surface area contributed by atoms with Crippen LogP contribution in [0.1, 0.15) is 11.1 Å². The molecule has 128 valence electrons. The van der Waals surface area contributed by atoms with Gasteiger partial charge < -0.3 is 19.7 Å². The maximum absolute atomic E-state index is 9.10. The second-order valence-electron chi connectivity index (χ2n) is 6.30. The number of aliphatic hydroxyl groups excluding tert-OH is 2. The lowest BCUT2D eigenvalue weighted by atomic mass is 9.99. The molecule has 0 spiro atoms. The maximum Gasteiger partial charge on any atom is 0.142 e. The zero-order valence-electron chi connectivity index (χ0n) is 13.6. The average Bonchev–Trinajstić information content (AvgIpc) is 2.61. The molecule has 6 nitrogen and oxygen atoms in total. The Labute approximate surface area is 140 Å². The fourth-order valence-corrected chi connectivity index (χ4v) is 3.49. The molecule has 2 aliphatic rings. The van der Waals surface area contributed by atoms with Crippen molar-refractivity contribution in [1.29, 1.82) is 0 Å². The first-order valence-electron chi connectivity index (χ1n) is 8.29. The van der Waals surface area contributed by atoms with Crippen LogP contribution in [0.4, 0.5) is 0 Å². The molecule has 0 saturated heterocycles. The van der Waals surface area contributed by atoms with E-state index < -0.39 is 0 Å². The molecule has 2 heterocycles. The monoisotopic (exact) mass is 330 g/mol. The molecule has 0 atom stereocenters. The van der Waals surface area contributed by atoms with Crippen molar-refractivity contribution < 1.29 is 19.7 Å². The summed E-state index contributed by atoms with van der Waals surface area (Å²) in [7, 11) is 0. The number of fused-ring (bicyclic) bond motifs is 5. The molecule has 2 aromatic rings. The van der Waals surface area contributed by atoms with E-state index in [1.165, 1.54) is 0 Å². The van der Waals surface area contributed by atoms with Crippen molar-refractivity contribution >= 4 is 10.8 Å². The second kappa shape index (κ2) is 6.57. The van der Waals surface area contributed by atoms with Gasteiger partial charge in [-0.2, -0.15) is 0 Å². The molecule has 0 unspecified atom stereocenters. The Morgan fingerprint density at radius 3 is 1.62 bits per heavy atom. The molecule has 2 N–H and O–H groups in total. The normalized spacial score (nSPS) is 17.9. The summed E-state index contributed by atoms with van der Waals surface area (Å²) in [5.41, 5.74) is 2.28. The van der Waals surface area contributed by atoms with Crippen LogP contribution >= 0.6 is 0 Å². The third kappa shape index (κ3) is 2.71. The summed E-state index contributed by atoms with van der Waals surface area (Å²) in [4.78, 5) is 4.16. The third-order valence-corrected chi connectivity index (χ3v) is 4.67. The molecule has 2 aromatic carbocycles. The van der Waals surface area contributed by atoms with Crippen LogP contribution < -0.4 is 9.47 Å². The van der Waals surface area contributed by atoms with Gasteiger partial charge in [0.05, 0.1) is 13.2 Å². The highest BCUT2D eigenvalue weighted by Crippen LogP contribution is 2.40. The molecule has 0 radical (unpaired) electrons. The smallest absolute Gasteiger partial charge is 0.142 e. The van der Waals surface area contributed by atoms with Gasteiger partial charge in [-0.25, -0.2) is 0 Å². The van der Waals surface area contributed by atoms with Crippen molar-refractivity contribution in [3.63, 3.8) is 0 Å². The Morgan fingerprint density at radius 1 is 0.750 bits per heavy atom. The molecule has 0 bridgehead atoms. The van der Waals surface area contributed by atoms with Gasteiger partial charge in [0.2, 0.25) is 0 Å². The Kier molecular flexibility index (Phi) is 4.28. The first-order chi connectivity index (χ1) is 11.8. The zero-order valence-corrected chi connectivity index (χ0v) is 13.6. The van der Waals surface area contributed by atoms with E-state index in [2.05, 4.69) is 34.1 Å². The largest absolute Gasteiger partial charge is 0.477 e. The number of nitrogens with zero attached hydrogens (tertiary/aromatic N) is 2. The van der Waals surface area contributed by atoms with Crippen LogP contribution in [0.2, 0.25) is 0 Å². The van der Waals surface area contributed by atoms with Gasteiger partial charge in [0.15, 0.2) is 0 Å². The molecule has 6 heteroatoms. The fourth-order valence-electron chi connectivity index (χ4n) is 3.49. The molecule has 0 aromatic heterocycles. The van der Waals surface area contributed by atoms with E-state index in [0.29, 0.717) is 26.6 Å². The van der Waals surface area contributed by atoms with Gasteiger partial charge in [-0.3, -0.25) is 9.80 Å². The predicted molar refractivity (Wildman–Crippen MR) is 89.9 cm³/mol. The standard InChI is InChI=1S/C18H22N2O4/c21-7-5-19-9-13-1-3-15-16(17(13)23-11-19)4-2-14-10-20(6-8-22)12-24-18(14)15/h1-4,21-22H,5-12H2. The Hall–Kier alpha value is -1.86. The van der Waals surface area contributed by atoms with Gasteiger partial charge in [-0.15, -0.1) is 0 Å². The van der Waals surface area contributed by atoms with E-state index in [-0.39, 0.29) is 13.2 Å². The van der Waals surface area contributed by atoms with Gasteiger partial charge in [-0.05, 0) is 0 Å². The quantitative estimate of drug-likeness (QED) is 0.876. The lowest BCUT2D eigenvalue weighted by Gasteiger charge is -2.31. The van der Waals surface area contributed by atoms with Gasteiger partial charge in [0, 0.05) is 48.1 Å². The molecule has 0 saturated carbocycles. The lowest BCUT2D eigenvalue weighted by molar-refractivity contribution is 0.0771. The number of benzene rings is 2. The number of ether oxygens (including phenoxy) is 2. The van der Waals surface area contributed by atoms with Gasteiger partial charge in [0.25, 0.3) is 0 Å². The molecule has 4 rings (SSSR count). The van der Waals surface area contributed by atoms with Crippen LogP contribution in [-0.4, -0.2) is 59.8 Å². The van der Waals surface area contributed by atoms with Crippen molar-refractivity contribution in [2.75, 3.05) is 39.8 Å². The zero-order chi connectivity index (χ0) is 16.5. The number of aliphatic hydroxyl groups is 2. The minimum Gasteiger partial charge on any atom is -0.477 e. The summed E-state index contributed by atoms with van der Waals surface area (Å²) in [6.07, 6.45) is 0. The van der Waals surface area contributed by atoms with Crippen LogP contribution in [0, 0.1) is 0 Å². The van der Waals surface area contributed by atoms with Gasteiger partial charge >= 0.3 is 0 Å². The molecule has 24 heavy (non-hydrogen) atoms. The van der Waals surface area contributed by atoms with E-state index in [1.54, 1.807) is 0 Å². The number of hydrogen-bond donors (Lipinski definition) is 2. The van der Waals surface area contributed by atoms with Crippen molar-refractivity contribution in [2.24, 2.45) is 0 Å². The lowest BCUT2D eigenvalue weighted by Crippen LogP contribution is -2.34. The molecular weight excluding hydrogens is 308 g/mol. The van der Waals surface area contributed by atoms with Crippen molar-refractivity contribution in [3.8, 4) is 11.5 Å². The number of hydrogen-bond acceptors (Lipinski definition) is 6. The highest BCUT2D eigenvalue weighted by Gasteiger charge is 2.23. The van der Waals surface area contributed by atoms with E-state index in [1.807, 2.05) is 0 Å². The van der Waals surface area contributed by atoms with Crippen LogP contribution in [0.25, 0.3) is 10.8 Å². The van der Waals surface area contributed by atoms with Crippen LogP contribution in [0.15, 0.2) is 24.3 Å². The first kappa shape index (κ1) is 15.7. The van der Waals surface area contributed by atoms with Crippen LogP contribution in [-0.2, 0) is 13.1 Å². The number of β-amino-alcohol motifs (C(OH)–C–C–N with tert-alkyl or cyclic N) is 2. The topological polar surface area (TPSA) is 65.4 Å². The Morgan fingerprint density at radius 2 is 1.21 bits per heavy atom. The summed E-state index contributed by atoms with van der Waals surface area (Å²) < 4.78 is 11.9. The average molecular weight is 330 g/mol. The van der Waals surface area contributed by atoms with Crippen molar-refractivity contribution in [2.45, 2.75) is 13.1 Å². The predicted octanol–water partition coefficient (Wildman–Crippen LogP) is 1.13. The van der Waals surface area contributed by atoms with Crippen LogP contribution in [0.5, 0.6) is 11.5 Å². The molecular formula is C18H22N2O4. The first-order valence-corrected chi connectivity index (χ1v) is 8.29. The van der Waals surface area contributed by atoms with Gasteiger partial charge in [-0.1, -0.05) is 24.3 Å². The van der Waals surface area contributed by atoms with E-state index in [0.717, 1.165) is 46.5 Å². The SMILES string of the molecule is OCCN1COc2c(ccc3c4c(ccc23)CN(CCO)CO4)C1. The van der Waals surface area contributed by atoms with Crippen molar-refractivity contribution in [1.82, 2.24) is 9.80 Å². The summed E-state index contributed by atoms with van der Waals surface area (Å²) >= 11 is 0. The second-order valence-corrected chi connectivity index (χ2v) is 6.30. The summed E-state index contributed by atoms with van der Waals surface area (Å²) in [6.45, 7) is 4.07. The molecule has 0 aliphatic carbocycles. The minimum absolute atomic E-state index is 0.137. The number of rotatable bonds is 4. The summed E-state index contributed by atoms with van der Waals surface area (Å²) in [5, 5.41) is 20.3. The minimum atomic E-state index is 0.137. The molecule has 0 fully saturated rings. The van der Waals surface area contributed by atoms with Crippen molar-refractivity contribution in [3.05, 3.63) is 35.4 Å².